The van der Waals surface area contributed by atoms with Crippen LogP contribution in [0, 0.1) is 6.92 Å². The van der Waals surface area contributed by atoms with Crippen LogP contribution in [0.5, 0.6) is 11.6 Å². The first-order valence-electron chi connectivity index (χ1n) is 11.7. The van der Waals surface area contributed by atoms with E-state index < -0.39 is 15.3 Å². The Labute approximate surface area is 213 Å². The Bertz CT molecular complexity index is 1710. The number of hydrogen-bond donors (Lipinski definition) is 3. The third-order valence-corrected chi connectivity index (χ3v) is 8.36. The van der Waals surface area contributed by atoms with Crippen LogP contribution in [-0.2, 0) is 20.0 Å². The first-order chi connectivity index (χ1) is 17.7. The number of carbonyl (C=O) groups is 1. The lowest BCUT2D eigenvalue weighted by molar-refractivity contribution is -0.118. The summed E-state index contributed by atoms with van der Waals surface area (Å²) < 4.78 is 34.8. The number of benzene rings is 2. The van der Waals surface area contributed by atoms with Crippen LogP contribution in [0.2, 0.25) is 0 Å². The van der Waals surface area contributed by atoms with E-state index in [9.17, 15) is 13.2 Å². The number of rotatable bonds is 6. The van der Waals surface area contributed by atoms with E-state index in [1.54, 1.807) is 20.1 Å². The summed E-state index contributed by atoms with van der Waals surface area (Å²) in [5.41, 5.74) is 4.07. The third kappa shape index (κ3) is 3.52. The van der Waals surface area contributed by atoms with Crippen molar-refractivity contribution in [1.29, 1.82) is 0 Å². The second-order valence-electron chi connectivity index (χ2n) is 9.54. The summed E-state index contributed by atoms with van der Waals surface area (Å²) in [5.74, 6) is 1.48. The molecule has 0 saturated heterocycles. The number of H-pyrrole nitrogens is 1. The van der Waals surface area contributed by atoms with E-state index in [2.05, 4.69) is 25.8 Å². The van der Waals surface area contributed by atoms with Crippen LogP contribution >= 0.6 is 0 Å². The van der Waals surface area contributed by atoms with Crippen LogP contribution in [-0.4, -0.2) is 50.0 Å². The predicted octanol–water partition coefficient (Wildman–Crippen LogP) is 3.81. The summed E-state index contributed by atoms with van der Waals surface area (Å²) in [6.07, 6.45) is 1.83. The Kier molecular flexibility index (Phi) is 5.00. The van der Waals surface area contributed by atoms with Gasteiger partial charge in [0.25, 0.3) is 0 Å². The minimum atomic E-state index is -3.50. The maximum absolute atomic E-state index is 13.0. The van der Waals surface area contributed by atoms with Crippen molar-refractivity contribution < 1.29 is 22.7 Å². The largest absolute Gasteiger partial charge is 0.497 e. The van der Waals surface area contributed by atoms with Gasteiger partial charge >= 0.3 is 0 Å². The lowest BCUT2D eigenvalue weighted by Crippen LogP contribution is -2.21. The number of amides is 1. The highest BCUT2D eigenvalue weighted by Gasteiger charge is 2.65. The molecule has 2 aromatic heterocycles. The lowest BCUT2D eigenvalue weighted by Gasteiger charge is -2.12. The number of aromatic nitrogens is 3. The summed E-state index contributed by atoms with van der Waals surface area (Å²) in [6.45, 7) is 1.68. The van der Waals surface area contributed by atoms with Gasteiger partial charge in [0, 0.05) is 23.2 Å². The topological polar surface area (TPSA) is 135 Å². The molecule has 10 nitrogen and oxygen atoms in total. The number of carbonyl (C=O) groups excluding carboxylic acids is 1. The number of ether oxygens (including phenoxy) is 2. The summed E-state index contributed by atoms with van der Waals surface area (Å²) in [7, 11) is -0.447. The molecule has 1 aliphatic carbocycles. The Morgan fingerprint density at radius 3 is 2.65 bits per heavy atom. The normalized spacial score (nSPS) is 20.1. The highest BCUT2D eigenvalue weighted by molar-refractivity contribution is 7.90. The molecule has 1 saturated carbocycles. The fraction of sp³-hybridized carbons (Fsp3) is 0.269. The summed E-state index contributed by atoms with van der Waals surface area (Å²) in [4.78, 5) is 17.2. The van der Waals surface area contributed by atoms with Gasteiger partial charge in [-0.15, -0.1) is 0 Å². The molecule has 2 aliphatic rings. The third-order valence-electron chi connectivity index (χ3n) is 7.24. The molecule has 190 valence electrons. The van der Waals surface area contributed by atoms with Crippen molar-refractivity contribution in [3.05, 3.63) is 59.2 Å². The van der Waals surface area contributed by atoms with Crippen LogP contribution in [0.4, 0.5) is 17.2 Å². The maximum Gasteiger partial charge on any atom is 0.238 e. The van der Waals surface area contributed by atoms with E-state index in [0.29, 0.717) is 17.1 Å². The molecule has 3 heterocycles. The van der Waals surface area contributed by atoms with Crippen molar-refractivity contribution >= 4 is 43.8 Å². The van der Waals surface area contributed by atoms with Gasteiger partial charge in [0.1, 0.15) is 11.4 Å². The van der Waals surface area contributed by atoms with E-state index in [0.717, 1.165) is 46.1 Å². The molecule has 2 unspecified atom stereocenters. The second kappa shape index (κ2) is 7.94. The van der Waals surface area contributed by atoms with Gasteiger partial charge in [-0.05, 0) is 66.4 Å². The number of nitrogens with zero attached hydrogens (tertiary/aromatic N) is 2. The molecule has 37 heavy (non-hydrogen) atoms. The van der Waals surface area contributed by atoms with Crippen LogP contribution < -0.4 is 20.1 Å². The minimum absolute atomic E-state index is 0.0142. The highest BCUT2D eigenvalue weighted by atomic mass is 32.2. The Morgan fingerprint density at radius 2 is 1.92 bits per heavy atom. The Balaban J connectivity index is 1.32. The number of pyridine rings is 1. The van der Waals surface area contributed by atoms with E-state index in [-0.39, 0.29) is 22.7 Å². The summed E-state index contributed by atoms with van der Waals surface area (Å²) in [5, 5.41) is 14.5. The van der Waals surface area contributed by atoms with Gasteiger partial charge in [-0.25, -0.2) is 8.42 Å². The predicted molar refractivity (Wildman–Crippen MR) is 139 cm³/mol. The average molecular weight is 520 g/mol. The number of hydrogen-bond acceptors (Lipinski definition) is 8. The number of fused-ring (bicyclic) bond motifs is 3. The zero-order chi connectivity index (χ0) is 26.1. The molecule has 2 atom stereocenters. The van der Waals surface area contributed by atoms with Gasteiger partial charge in [0.15, 0.2) is 20.7 Å². The quantitative estimate of drug-likeness (QED) is 0.350. The average Bonchev–Trinajstić information content (AvgIpc) is 3.42. The van der Waals surface area contributed by atoms with E-state index in [4.69, 9.17) is 9.47 Å². The van der Waals surface area contributed by atoms with Crippen molar-refractivity contribution in [1.82, 2.24) is 15.2 Å². The molecule has 2 aromatic carbocycles. The zero-order valence-electron chi connectivity index (χ0n) is 20.7. The van der Waals surface area contributed by atoms with E-state index in [1.807, 2.05) is 36.4 Å². The molecule has 1 spiro atoms. The zero-order valence-corrected chi connectivity index (χ0v) is 21.5. The fourth-order valence-corrected chi connectivity index (χ4v) is 6.27. The first kappa shape index (κ1) is 23.3. The summed E-state index contributed by atoms with van der Waals surface area (Å²) >= 11 is 0. The molecule has 6 rings (SSSR count). The van der Waals surface area contributed by atoms with Crippen LogP contribution in [0.3, 0.4) is 0 Å². The van der Waals surface area contributed by atoms with Gasteiger partial charge < -0.3 is 20.1 Å². The number of methoxy groups -OCH3 is 2. The smallest absolute Gasteiger partial charge is 0.238 e. The Morgan fingerprint density at radius 1 is 1.11 bits per heavy atom. The van der Waals surface area contributed by atoms with Gasteiger partial charge in [0.05, 0.1) is 25.2 Å². The van der Waals surface area contributed by atoms with Gasteiger partial charge in [0.2, 0.25) is 11.8 Å². The molecule has 0 bridgehead atoms. The van der Waals surface area contributed by atoms with Gasteiger partial charge in [-0.1, -0.05) is 6.07 Å². The highest BCUT2D eigenvalue weighted by Crippen LogP contribution is 2.65. The van der Waals surface area contributed by atoms with Crippen LogP contribution in [0.25, 0.3) is 10.9 Å². The van der Waals surface area contributed by atoms with Crippen molar-refractivity contribution in [2.45, 2.75) is 29.7 Å². The number of anilines is 3. The van der Waals surface area contributed by atoms with E-state index >= 15 is 0 Å². The molecular weight excluding hydrogens is 494 g/mol. The molecule has 1 aliphatic heterocycles. The number of aromatic amines is 1. The summed E-state index contributed by atoms with van der Waals surface area (Å²) in [6, 6.07) is 13.4. The minimum Gasteiger partial charge on any atom is -0.497 e. The molecule has 4 aromatic rings. The van der Waals surface area contributed by atoms with Crippen LogP contribution in [0.15, 0.2) is 47.5 Å². The standard InChI is InChI=1S/C26H25N5O5S/c1-13-9-21(23(36-3)29-24(13)37(4,33)34)27-22-16-7-5-14(10-20(16)30-31-22)18-12-26(18)17-11-15(35-2)6-8-19(17)28-25(26)32/h5-11,18H,12H2,1-4H3,(H,28,32)(H2,27,30,31). The van der Waals surface area contributed by atoms with Crippen LogP contribution in [0.1, 0.15) is 29.0 Å². The molecule has 0 radical (unpaired) electrons. The molecule has 1 amide bonds. The Hall–Kier alpha value is -4.12. The van der Waals surface area contributed by atoms with Crippen molar-refractivity contribution in [2.75, 3.05) is 31.1 Å². The molecule has 3 N–H and O–H groups in total. The van der Waals surface area contributed by atoms with Crippen molar-refractivity contribution in [2.24, 2.45) is 0 Å². The fourth-order valence-electron chi connectivity index (χ4n) is 5.38. The maximum atomic E-state index is 13.0. The first-order valence-corrected chi connectivity index (χ1v) is 13.6. The van der Waals surface area contributed by atoms with Crippen molar-refractivity contribution in [3.63, 3.8) is 0 Å². The van der Waals surface area contributed by atoms with Gasteiger partial charge in [-0.2, -0.15) is 10.1 Å². The van der Waals surface area contributed by atoms with Gasteiger partial charge in [-0.3, -0.25) is 9.89 Å². The number of aryl methyl sites for hydroxylation is 1. The molecular formula is C26H25N5O5S. The second-order valence-corrected chi connectivity index (χ2v) is 11.5. The number of nitrogens with one attached hydrogen (secondary N) is 3. The lowest BCUT2D eigenvalue weighted by atomic mass is 9.91. The molecule has 1 fully saturated rings. The van der Waals surface area contributed by atoms with E-state index in [1.165, 1.54) is 7.11 Å². The monoisotopic (exact) mass is 519 g/mol. The number of sulfone groups is 1. The molecule has 11 heteroatoms. The van der Waals surface area contributed by atoms with Crippen molar-refractivity contribution in [3.8, 4) is 11.6 Å². The SMILES string of the molecule is COc1ccc2c(c1)C1(CC1c1ccc3c(Nc4cc(C)c(S(C)(=O)=O)nc4OC)n[nH]c3c1)C(=O)N2.